The first kappa shape index (κ1) is 29.9. The molecule has 1 N–H and O–H groups in total. The van der Waals surface area contributed by atoms with E-state index in [0.29, 0.717) is 0 Å². The summed E-state index contributed by atoms with van der Waals surface area (Å²) in [7, 11) is -4.17. The summed E-state index contributed by atoms with van der Waals surface area (Å²) in [6, 6.07) is 23.5. The molecule has 0 fully saturated rings. The number of nitrogens with one attached hydrogen (secondary N) is 1. The number of benzene rings is 3. The van der Waals surface area contributed by atoms with Crippen LogP contribution in [0.5, 0.6) is 0 Å². The van der Waals surface area contributed by atoms with Crippen molar-refractivity contribution in [1.82, 2.24) is 5.32 Å². The van der Waals surface area contributed by atoms with Crippen molar-refractivity contribution >= 4 is 22.2 Å². The minimum Gasteiger partial charge on any atom is -0.461 e. The molecule has 8 nitrogen and oxygen atoms in total. The second-order valence-electron chi connectivity index (χ2n) is 10.2. The Balaban J connectivity index is 1.88. The molecule has 0 heterocycles. The number of hydrogen-bond donors (Lipinski definition) is 1. The van der Waals surface area contributed by atoms with E-state index in [2.05, 4.69) is 5.32 Å². The summed E-state index contributed by atoms with van der Waals surface area (Å²) >= 11 is 0. The van der Waals surface area contributed by atoms with E-state index in [9.17, 15) is 18.0 Å². The second-order valence-corrected chi connectivity index (χ2v) is 11.8. The Morgan fingerprint density at radius 2 is 1.41 bits per heavy atom. The number of hydrogen-bond acceptors (Lipinski definition) is 7. The fourth-order valence-electron chi connectivity index (χ4n) is 3.75. The van der Waals surface area contributed by atoms with E-state index < -0.39 is 46.3 Å². The lowest BCUT2D eigenvalue weighted by atomic mass is 9.92. The molecule has 3 aromatic carbocycles. The molecule has 3 rings (SSSR count). The highest BCUT2D eigenvalue weighted by atomic mass is 32.2. The van der Waals surface area contributed by atoms with Gasteiger partial charge in [0.15, 0.2) is 0 Å². The number of rotatable bonds is 11. The van der Waals surface area contributed by atoms with Crippen molar-refractivity contribution in [3.05, 3.63) is 102 Å². The maximum absolute atomic E-state index is 13.4. The van der Waals surface area contributed by atoms with Gasteiger partial charge < -0.3 is 14.8 Å². The third-order valence-electron chi connectivity index (χ3n) is 5.73. The van der Waals surface area contributed by atoms with Crippen LogP contribution in [0.4, 0.5) is 4.79 Å². The zero-order valence-electron chi connectivity index (χ0n) is 22.6. The molecule has 0 aromatic heterocycles. The Bertz CT molecular complexity index is 1320. The number of amides is 1. The monoisotopic (exact) mass is 553 g/mol. The zero-order valence-corrected chi connectivity index (χ0v) is 23.4. The van der Waals surface area contributed by atoms with Crippen LogP contribution in [0.15, 0.2) is 89.8 Å². The molecular weight excluding hydrogens is 518 g/mol. The average Bonchev–Trinajstić information content (AvgIpc) is 2.89. The van der Waals surface area contributed by atoms with Crippen molar-refractivity contribution in [1.29, 1.82) is 0 Å². The van der Waals surface area contributed by atoms with Crippen molar-refractivity contribution in [2.24, 2.45) is 5.92 Å². The van der Waals surface area contributed by atoms with Gasteiger partial charge in [0.1, 0.15) is 12.2 Å². The standard InChI is InChI=1S/C30H35NO7S/c1-22-15-17-25(18-16-22)39(34,35)37-21-27(31-29(33)38-30(2,3)4)26(19-23-11-7-5-8-12-23)28(32)36-20-24-13-9-6-10-14-24/h5-18,26-27H,19-21H2,1-4H3,(H,31,33)/t26-,27-/m1/s1. The quantitative estimate of drug-likeness (QED) is 0.257. The molecular formula is C30H35NO7S. The minimum atomic E-state index is -4.17. The summed E-state index contributed by atoms with van der Waals surface area (Å²) in [5.41, 5.74) is 1.67. The first-order valence-electron chi connectivity index (χ1n) is 12.6. The lowest BCUT2D eigenvalue weighted by Crippen LogP contribution is -2.49. The molecule has 2 atom stereocenters. The maximum Gasteiger partial charge on any atom is 0.407 e. The third-order valence-corrected chi connectivity index (χ3v) is 7.02. The van der Waals surface area contributed by atoms with E-state index >= 15 is 0 Å². The Morgan fingerprint density at radius 1 is 0.846 bits per heavy atom. The van der Waals surface area contributed by atoms with Gasteiger partial charge >= 0.3 is 12.1 Å². The summed E-state index contributed by atoms with van der Waals surface area (Å²) in [6.45, 7) is 6.47. The first-order chi connectivity index (χ1) is 18.4. The fraction of sp³-hybridized carbons (Fsp3) is 0.333. The van der Waals surface area contributed by atoms with Crippen LogP contribution >= 0.6 is 0 Å². The van der Waals surface area contributed by atoms with Crippen molar-refractivity contribution < 1.29 is 31.7 Å². The Labute approximate surface area is 230 Å². The molecule has 0 radical (unpaired) electrons. The molecule has 0 aliphatic heterocycles. The van der Waals surface area contributed by atoms with Crippen LogP contribution < -0.4 is 5.32 Å². The lowest BCUT2D eigenvalue weighted by Gasteiger charge is -2.28. The van der Waals surface area contributed by atoms with E-state index in [-0.39, 0.29) is 17.9 Å². The molecule has 0 saturated carbocycles. The van der Waals surface area contributed by atoms with Crippen molar-refractivity contribution in [2.45, 2.75) is 57.3 Å². The van der Waals surface area contributed by atoms with Gasteiger partial charge in [0.25, 0.3) is 10.1 Å². The molecule has 39 heavy (non-hydrogen) atoms. The van der Waals surface area contributed by atoms with Crippen molar-refractivity contribution in [2.75, 3.05) is 6.61 Å². The number of ether oxygens (including phenoxy) is 2. The Morgan fingerprint density at radius 3 is 1.97 bits per heavy atom. The van der Waals surface area contributed by atoms with Gasteiger partial charge in [0.05, 0.1) is 23.5 Å². The number of alkyl carbamates (subject to hydrolysis) is 1. The SMILES string of the molecule is Cc1ccc(S(=O)(=O)OC[C@@H](NC(=O)OC(C)(C)C)[C@@H](Cc2ccccc2)C(=O)OCc2ccccc2)cc1. The van der Waals surface area contributed by atoms with Crippen LogP contribution in [0.3, 0.4) is 0 Å². The van der Waals surface area contributed by atoms with E-state index in [1.54, 1.807) is 32.9 Å². The third kappa shape index (κ3) is 9.85. The smallest absolute Gasteiger partial charge is 0.407 e. The molecule has 208 valence electrons. The van der Waals surface area contributed by atoms with E-state index in [1.165, 1.54) is 12.1 Å². The summed E-state index contributed by atoms with van der Waals surface area (Å²) in [4.78, 5) is 26.2. The predicted molar refractivity (Wildman–Crippen MR) is 147 cm³/mol. The number of carbonyl (C=O) groups excluding carboxylic acids is 2. The van der Waals surface area contributed by atoms with Gasteiger partial charge in [-0.2, -0.15) is 8.42 Å². The number of esters is 1. The topological polar surface area (TPSA) is 108 Å². The highest BCUT2D eigenvalue weighted by Crippen LogP contribution is 2.20. The predicted octanol–water partition coefficient (Wildman–Crippen LogP) is 5.20. The second kappa shape index (κ2) is 13.4. The minimum absolute atomic E-state index is 0.0205. The molecule has 0 unspecified atom stereocenters. The van der Waals surface area contributed by atoms with Gasteiger partial charge in [-0.3, -0.25) is 8.98 Å². The first-order valence-corrected chi connectivity index (χ1v) is 14.0. The molecule has 0 saturated heterocycles. The molecule has 1 amide bonds. The number of aryl methyl sites for hydroxylation is 1. The lowest BCUT2D eigenvalue weighted by molar-refractivity contribution is -0.151. The molecule has 0 spiro atoms. The maximum atomic E-state index is 13.4. The normalized spacial score (nSPS) is 13.2. The van der Waals surface area contributed by atoms with Crippen LogP contribution in [0.2, 0.25) is 0 Å². The molecule has 3 aromatic rings. The highest BCUT2D eigenvalue weighted by molar-refractivity contribution is 7.86. The summed E-state index contributed by atoms with van der Waals surface area (Å²) in [6.07, 6.45) is -0.638. The Kier molecular flexibility index (Phi) is 10.3. The number of carbonyl (C=O) groups is 2. The average molecular weight is 554 g/mol. The summed E-state index contributed by atoms with van der Waals surface area (Å²) in [5.74, 6) is -1.59. The van der Waals surface area contributed by atoms with Gasteiger partial charge in [0, 0.05) is 0 Å². The van der Waals surface area contributed by atoms with Crippen molar-refractivity contribution in [3.8, 4) is 0 Å². The Hall–Kier alpha value is -3.69. The van der Waals surface area contributed by atoms with Gasteiger partial charge in [-0.15, -0.1) is 0 Å². The van der Waals surface area contributed by atoms with E-state index in [1.807, 2.05) is 67.6 Å². The van der Waals surface area contributed by atoms with Crippen LogP contribution in [0, 0.1) is 12.8 Å². The largest absolute Gasteiger partial charge is 0.461 e. The molecule has 9 heteroatoms. The molecule has 0 aliphatic carbocycles. The summed E-state index contributed by atoms with van der Waals surface area (Å²) in [5, 5.41) is 2.65. The van der Waals surface area contributed by atoms with Crippen LogP contribution in [-0.4, -0.2) is 38.7 Å². The molecule has 0 bridgehead atoms. The van der Waals surface area contributed by atoms with E-state index in [0.717, 1.165) is 16.7 Å². The van der Waals surface area contributed by atoms with Crippen LogP contribution in [0.1, 0.15) is 37.5 Å². The van der Waals surface area contributed by atoms with Gasteiger partial charge in [-0.1, -0.05) is 78.4 Å². The van der Waals surface area contributed by atoms with Gasteiger partial charge in [-0.05, 0) is 57.4 Å². The zero-order chi connectivity index (χ0) is 28.5. The highest BCUT2D eigenvalue weighted by Gasteiger charge is 2.34. The van der Waals surface area contributed by atoms with E-state index in [4.69, 9.17) is 13.7 Å². The van der Waals surface area contributed by atoms with Gasteiger partial charge in [0.2, 0.25) is 0 Å². The summed E-state index contributed by atoms with van der Waals surface area (Å²) < 4.78 is 42.3. The van der Waals surface area contributed by atoms with Gasteiger partial charge in [-0.25, -0.2) is 4.79 Å². The molecule has 0 aliphatic rings. The van der Waals surface area contributed by atoms with Crippen LogP contribution in [-0.2, 0) is 41.6 Å². The van der Waals surface area contributed by atoms with Crippen LogP contribution in [0.25, 0.3) is 0 Å². The fourth-order valence-corrected chi connectivity index (χ4v) is 4.68. The van der Waals surface area contributed by atoms with Crippen molar-refractivity contribution in [3.63, 3.8) is 0 Å².